The van der Waals surface area contributed by atoms with E-state index in [-0.39, 0.29) is 28.3 Å². The van der Waals surface area contributed by atoms with Gasteiger partial charge in [0.1, 0.15) is 11.2 Å². The molecule has 0 spiro atoms. The summed E-state index contributed by atoms with van der Waals surface area (Å²) in [7, 11) is 0. The maximum atomic E-state index is 12.9. The quantitative estimate of drug-likeness (QED) is 0.530. The number of nitrogens with zero attached hydrogens (tertiary/aromatic N) is 4. The molecule has 0 saturated carbocycles. The highest BCUT2D eigenvalue weighted by molar-refractivity contribution is 5.76. The molecule has 0 amide bonds. The number of benzene rings is 2. The first-order valence-corrected chi connectivity index (χ1v) is 8.66. The Morgan fingerprint density at radius 1 is 1.10 bits per heavy atom. The van der Waals surface area contributed by atoms with Gasteiger partial charge in [-0.3, -0.25) is 4.79 Å². The van der Waals surface area contributed by atoms with Crippen molar-refractivity contribution in [1.29, 1.82) is 0 Å². The molecule has 0 atom stereocenters. The van der Waals surface area contributed by atoms with Crippen LogP contribution in [0.4, 0.5) is 13.2 Å². The van der Waals surface area contributed by atoms with Crippen molar-refractivity contribution in [3.05, 3.63) is 64.4 Å². The van der Waals surface area contributed by atoms with Crippen molar-refractivity contribution in [3.63, 3.8) is 0 Å². The maximum Gasteiger partial charge on any atom is 0.416 e. The zero-order chi connectivity index (χ0) is 20.1. The van der Waals surface area contributed by atoms with Crippen LogP contribution in [0.5, 0.6) is 5.88 Å². The number of aromatic hydroxyl groups is 1. The molecule has 2 aromatic carbocycles. The average Bonchev–Trinajstić information content (AvgIpc) is 3.02. The lowest BCUT2D eigenvalue weighted by molar-refractivity contribution is -0.559. The number of alkyl halides is 3. The molecule has 0 aliphatic carbocycles. The largest absolute Gasteiger partial charge is 0.870 e. The maximum absolute atomic E-state index is 12.9. The summed E-state index contributed by atoms with van der Waals surface area (Å²) in [6.07, 6.45) is -3.80. The van der Waals surface area contributed by atoms with E-state index >= 15 is 0 Å². The van der Waals surface area contributed by atoms with Crippen LogP contribution in [0.2, 0.25) is 0 Å². The Balaban J connectivity index is 0.00000240. The Labute approximate surface area is 162 Å². The van der Waals surface area contributed by atoms with Crippen molar-refractivity contribution in [2.24, 2.45) is 0 Å². The third kappa shape index (κ3) is 3.21. The summed E-state index contributed by atoms with van der Waals surface area (Å²) in [5.41, 5.74) is -0.136. The lowest BCUT2D eigenvalue weighted by Crippen LogP contribution is -2.35. The summed E-state index contributed by atoms with van der Waals surface area (Å²) in [5, 5.41) is 15.5. The van der Waals surface area contributed by atoms with E-state index in [2.05, 4.69) is 5.21 Å². The summed E-state index contributed by atoms with van der Waals surface area (Å²) in [4.78, 5) is 12.9. The van der Waals surface area contributed by atoms with Crippen LogP contribution in [0.1, 0.15) is 18.9 Å². The highest BCUT2D eigenvalue weighted by Gasteiger charge is 2.31. The first-order valence-electron chi connectivity index (χ1n) is 8.66. The van der Waals surface area contributed by atoms with Gasteiger partial charge in [0.25, 0.3) is 0 Å². The van der Waals surface area contributed by atoms with Crippen LogP contribution in [0.25, 0.3) is 22.2 Å². The first-order chi connectivity index (χ1) is 13.3. The molecule has 0 aliphatic rings. The van der Waals surface area contributed by atoms with E-state index in [1.807, 2.05) is 6.92 Å². The number of fused-ring (bicyclic) bond motifs is 3. The predicted molar refractivity (Wildman–Crippen MR) is 97.4 cm³/mol. The summed E-state index contributed by atoms with van der Waals surface area (Å²) < 4.78 is 42.4. The second-order valence-corrected chi connectivity index (χ2v) is 6.38. The first kappa shape index (κ1) is 20.3. The Morgan fingerprint density at radius 2 is 1.76 bits per heavy atom. The molecule has 29 heavy (non-hydrogen) atoms. The molecule has 0 aliphatic heterocycles. The minimum Gasteiger partial charge on any atom is -0.870 e. The van der Waals surface area contributed by atoms with Gasteiger partial charge >= 0.3 is 23.3 Å². The summed E-state index contributed by atoms with van der Waals surface area (Å²) in [5.74, 6) is -0.323. The topological polar surface area (TPSA) is 94.2 Å². The van der Waals surface area contributed by atoms with Crippen LogP contribution in [0.15, 0.2) is 53.3 Å². The van der Waals surface area contributed by atoms with E-state index in [0.717, 1.165) is 16.8 Å². The standard InChI is InChI=1S/C19H15F3N4O2.H2O/c1-2-11-24-16-18(28)25(13-9-7-12(8-10-13)19(20,21)22)23-26(16)15-6-4-3-5-14(15)17(24)27;/h3-10H,2,11H2,1H3;1H2. The lowest BCUT2D eigenvalue weighted by atomic mass is 10.2. The number of hydrogen-bond donors (Lipinski definition) is 1. The van der Waals surface area contributed by atoms with E-state index in [9.17, 15) is 23.1 Å². The molecule has 0 saturated heterocycles. The van der Waals surface area contributed by atoms with Gasteiger partial charge in [0.05, 0.1) is 17.5 Å². The van der Waals surface area contributed by atoms with Gasteiger partial charge in [0.15, 0.2) is 0 Å². The van der Waals surface area contributed by atoms with Gasteiger partial charge < -0.3 is 10.6 Å². The second kappa shape index (κ2) is 7.21. The molecule has 7 nitrogen and oxygen atoms in total. The minimum atomic E-state index is -4.46. The smallest absolute Gasteiger partial charge is 0.416 e. The van der Waals surface area contributed by atoms with E-state index < -0.39 is 11.7 Å². The van der Waals surface area contributed by atoms with Crippen molar-refractivity contribution >= 4 is 16.6 Å². The number of hydrogen-bond acceptors (Lipinski definition) is 4. The molecule has 10 heteroatoms. The fourth-order valence-corrected chi connectivity index (χ4v) is 3.24. The lowest BCUT2D eigenvalue weighted by Gasteiger charge is -2.06. The molecule has 4 rings (SSSR count). The van der Waals surface area contributed by atoms with Gasteiger partial charge in [0.2, 0.25) is 0 Å². The number of halogens is 3. The van der Waals surface area contributed by atoms with E-state index in [4.69, 9.17) is 0 Å². The molecule has 152 valence electrons. The zero-order valence-corrected chi connectivity index (χ0v) is 15.3. The van der Waals surface area contributed by atoms with E-state index in [1.54, 1.807) is 24.3 Å². The average molecular weight is 406 g/mol. The molecular formula is C19H17F3N4O3. The van der Waals surface area contributed by atoms with Crippen LogP contribution < -0.4 is 10.1 Å². The Kier molecular flexibility index (Phi) is 5.05. The van der Waals surface area contributed by atoms with Gasteiger partial charge in [-0.15, -0.1) is 0 Å². The van der Waals surface area contributed by atoms with Crippen LogP contribution in [-0.4, -0.2) is 25.0 Å². The summed E-state index contributed by atoms with van der Waals surface area (Å²) in [6.45, 7) is 2.26. The number of aryl methyl sites for hydroxylation is 1. The summed E-state index contributed by atoms with van der Waals surface area (Å²) in [6, 6.07) is 11.1. The van der Waals surface area contributed by atoms with Crippen LogP contribution in [0.3, 0.4) is 0 Å². The monoisotopic (exact) mass is 406 g/mol. The summed E-state index contributed by atoms with van der Waals surface area (Å²) >= 11 is 0. The van der Waals surface area contributed by atoms with E-state index in [0.29, 0.717) is 23.9 Å². The van der Waals surface area contributed by atoms with Gasteiger partial charge in [-0.05, 0) is 42.8 Å². The fraction of sp³-hybridized carbons (Fsp3) is 0.211. The highest BCUT2D eigenvalue weighted by atomic mass is 19.4. The molecule has 0 bridgehead atoms. The highest BCUT2D eigenvalue weighted by Crippen LogP contribution is 2.30. The SMILES string of the molecule is CCCn1c(=O)c2ccccc2[n+]2nn(-c3ccc(C(F)(F)F)cc3)c(O)c12.[OH-]. The van der Waals surface area contributed by atoms with Crippen molar-refractivity contribution in [3.8, 4) is 11.6 Å². The van der Waals surface area contributed by atoms with Crippen molar-refractivity contribution in [1.82, 2.24) is 14.5 Å². The van der Waals surface area contributed by atoms with Crippen LogP contribution >= 0.6 is 0 Å². The second-order valence-electron chi connectivity index (χ2n) is 6.38. The molecule has 2 aromatic heterocycles. The molecule has 0 unspecified atom stereocenters. The third-order valence-corrected chi connectivity index (χ3v) is 4.53. The number of aromatic nitrogens is 4. The van der Waals surface area contributed by atoms with Crippen LogP contribution in [-0.2, 0) is 12.7 Å². The van der Waals surface area contributed by atoms with Crippen molar-refractivity contribution in [2.75, 3.05) is 0 Å². The third-order valence-electron chi connectivity index (χ3n) is 4.53. The van der Waals surface area contributed by atoms with Gasteiger partial charge in [-0.1, -0.05) is 28.3 Å². The van der Waals surface area contributed by atoms with Crippen molar-refractivity contribution < 1.29 is 28.3 Å². The Bertz CT molecular complexity index is 1240. The normalized spacial score (nSPS) is 11.7. The van der Waals surface area contributed by atoms with Crippen molar-refractivity contribution in [2.45, 2.75) is 26.1 Å². The Hall–Kier alpha value is -3.40. The number of para-hydroxylation sites is 1. The van der Waals surface area contributed by atoms with Crippen LogP contribution in [0, 0.1) is 0 Å². The number of rotatable bonds is 3. The predicted octanol–water partition coefficient (Wildman–Crippen LogP) is 2.88. The van der Waals surface area contributed by atoms with Gasteiger partial charge in [-0.2, -0.15) is 13.2 Å². The molecule has 0 fully saturated rings. The zero-order valence-electron chi connectivity index (χ0n) is 15.3. The van der Waals surface area contributed by atoms with Gasteiger partial charge in [0, 0.05) is 5.21 Å². The molecular weight excluding hydrogens is 389 g/mol. The molecule has 4 aromatic rings. The van der Waals surface area contributed by atoms with Gasteiger partial charge in [-0.25, -0.2) is 4.57 Å². The van der Waals surface area contributed by atoms with E-state index in [1.165, 1.54) is 21.2 Å². The molecule has 0 radical (unpaired) electrons. The Morgan fingerprint density at radius 3 is 2.38 bits per heavy atom. The minimum absolute atomic E-state index is 0. The molecule has 2 N–H and O–H groups in total. The molecule has 2 heterocycles. The fourth-order valence-electron chi connectivity index (χ4n) is 3.24.